The predicted molar refractivity (Wildman–Crippen MR) is 95.1 cm³/mol. The van der Waals surface area contributed by atoms with Crippen molar-refractivity contribution in [3.63, 3.8) is 0 Å². The molecule has 2 aromatic carbocycles. The van der Waals surface area contributed by atoms with E-state index >= 15 is 0 Å². The highest BCUT2D eigenvalue weighted by Crippen LogP contribution is 2.33. The van der Waals surface area contributed by atoms with Crippen LogP contribution in [-0.4, -0.2) is 10.9 Å². The van der Waals surface area contributed by atoms with Crippen molar-refractivity contribution >= 4 is 23.2 Å². The average Bonchev–Trinajstić information content (AvgIpc) is 2.63. The van der Waals surface area contributed by atoms with Crippen LogP contribution >= 0.6 is 11.6 Å². The van der Waals surface area contributed by atoms with Gasteiger partial charge >= 0.3 is 6.18 Å². The Morgan fingerprint density at radius 2 is 1.79 bits per heavy atom. The Morgan fingerprint density at radius 3 is 2.38 bits per heavy atom. The number of carbonyl (C=O) groups is 1. The summed E-state index contributed by atoms with van der Waals surface area (Å²) >= 11 is 6.06. The molecule has 0 atom stereocenters. The summed E-state index contributed by atoms with van der Waals surface area (Å²) in [6.45, 7) is 0. The van der Waals surface area contributed by atoms with E-state index in [-0.39, 0.29) is 27.9 Å². The smallest absolute Gasteiger partial charge is 0.417 e. The quantitative estimate of drug-likeness (QED) is 0.513. The molecule has 10 heteroatoms. The highest BCUT2D eigenvalue weighted by atomic mass is 35.5. The van der Waals surface area contributed by atoms with Crippen LogP contribution in [0.1, 0.15) is 15.9 Å². The van der Waals surface area contributed by atoms with Crippen LogP contribution in [-0.2, 0) is 6.18 Å². The Bertz CT molecular complexity index is 1060. The molecular formula is C19H10ClF5N2O2. The molecule has 0 fully saturated rings. The molecule has 29 heavy (non-hydrogen) atoms. The first-order valence-corrected chi connectivity index (χ1v) is 8.28. The van der Waals surface area contributed by atoms with E-state index in [0.717, 1.165) is 24.3 Å². The van der Waals surface area contributed by atoms with Gasteiger partial charge in [-0.05, 0) is 36.4 Å². The number of rotatable bonds is 4. The Balaban J connectivity index is 1.72. The number of nitrogens with one attached hydrogen (secondary N) is 1. The van der Waals surface area contributed by atoms with Crippen molar-refractivity contribution < 1.29 is 31.5 Å². The molecule has 0 aliphatic carbocycles. The summed E-state index contributed by atoms with van der Waals surface area (Å²) < 4.78 is 69.6. The fourth-order valence-corrected chi connectivity index (χ4v) is 2.47. The first-order valence-electron chi connectivity index (χ1n) is 7.90. The number of alkyl halides is 3. The van der Waals surface area contributed by atoms with Crippen LogP contribution in [0, 0.1) is 11.6 Å². The van der Waals surface area contributed by atoms with Gasteiger partial charge in [-0.2, -0.15) is 13.2 Å². The predicted octanol–water partition coefficient (Wildman–Crippen LogP) is 6.08. The number of carbonyl (C=O) groups excluding carboxylic acids is 1. The third kappa shape index (κ3) is 5.00. The summed E-state index contributed by atoms with van der Waals surface area (Å²) in [6, 6.07) is 8.38. The number of halogens is 6. The number of anilines is 1. The van der Waals surface area contributed by atoms with E-state index < -0.39 is 29.3 Å². The number of aromatic nitrogens is 1. The second-order valence-corrected chi connectivity index (χ2v) is 6.12. The second-order valence-electron chi connectivity index (χ2n) is 5.71. The van der Waals surface area contributed by atoms with E-state index in [0.29, 0.717) is 12.3 Å². The van der Waals surface area contributed by atoms with E-state index in [1.807, 2.05) is 0 Å². The maximum atomic E-state index is 13.7. The van der Waals surface area contributed by atoms with Crippen molar-refractivity contribution in [1.82, 2.24) is 4.98 Å². The van der Waals surface area contributed by atoms with Crippen molar-refractivity contribution in [1.29, 1.82) is 0 Å². The number of amides is 1. The Hall–Kier alpha value is -3.20. The summed E-state index contributed by atoms with van der Waals surface area (Å²) in [7, 11) is 0. The lowest BCUT2D eigenvalue weighted by Gasteiger charge is -2.11. The third-order valence-electron chi connectivity index (χ3n) is 3.64. The van der Waals surface area contributed by atoms with Gasteiger partial charge in [-0.3, -0.25) is 4.79 Å². The van der Waals surface area contributed by atoms with Crippen LogP contribution in [0.4, 0.5) is 27.6 Å². The largest absolute Gasteiger partial charge is 0.437 e. The first kappa shape index (κ1) is 20.5. The normalized spacial score (nSPS) is 11.2. The Kier molecular flexibility index (Phi) is 5.69. The molecule has 1 aromatic heterocycles. The van der Waals surface area contributed by atoms with Gasteiger partial charge in [-0.15, -0.1) is 0 Å². The number of pyridine rings is 1. The van der Waals surface area contributed by atoms with Crippen molar-refractivity contribution in [2.45, 2.75) is 6.18 Å². The lowest BCUT2D eigenvalue weighted by atomic mass is 10.2. The number of nitrogens with zero attached hydrogens (tertiary/aromatic N) is 1. The maximum absolute atomic E-state index is 13.7. The van der Waals surface area contributed by atoms with Gasteiger partial charge in [0.15, 0.2) is 0 Å². The van der Waals surface area contributed by atoms with Crippen molar-refractivity contribution in [3.8, 4) is 11.6 Å². The van der Waals surface area contributed by atoms with Crippen LogP contribution in [0.25, 0.3) is 0 Å². The van der Waals surface area contributed by atoms with Crippen molar-refractivity contribution in [3.05, 3.63) is 82.5 Å². The van der Waals surface area contributed by atoms with Crippen LogP contribution in [0.5, 0.6) is 11.6 Å². The SMILES string of the molecule is O=C(Nc1ccc(Oc2ccc(C(F)(F)F)cn2)c(Cl)c1)c1ccc(F)cc1F. The molecule has 150 valence electrons. The van der Waals surface area contributed by atoms with Gasteiger partial charge in [-0.25, -0.2) is 13.8 Å². The fraction of sp³-hybridized carbons (Fsp3) is 0.0526. The van der Waals surface area contributed by atoms with Gasteiger partial charge in [0.05, 0.1) is 16.1 Å². The zero-order valence-electron chi connectivity index (χ0n) is 14.2. The highest BCUT2D eigenvalue weighted by Gasteiger charge is 2.30. The molecule has 0 radical (unpaired) electrons. The van der Waals surface area contributed by atoms with Crippen LogP contribution in [0.15, 0.2) is 54.7 Å². The van der Waals surface area contributed by atoms with Gasteiger partial charge < -0.3 is 10.1 Å². The lowest BCUT2D eigenvalue weighted by molar-refractivity contribution is -0.137. The van der Waals surface area contributed by atoms with Gasteiger partial charge in [0.1, 0.15) is 17.4 Å². The highest BCUT2D eigenvalue weighted by molar-refractivity contribution is 6.32. The molecule has 3 aromatic rings. The van der Waals surface area contributed by atoms with Crippen molar-refractivity contribution in [2.75, 3.05) is 5.32 Å². The lowest BCUT2D eigenvalue weighted by Crippen LogP contribution is -2.13. The molecule has 1 amide bonds. The number of benzene rings is 2. The van der Waals surface area contributed by atoms with E-state index in [4.69, 9.17) is 16.3 Å². The third-order valence-corrected chi connectivity index (χ3v) is 3.94. The van der Waals surface area contributed by atoms with E-state index in [9.17, 15) is 26.7 Å². The number of hydrogen-bond acceptors (Lipinski definition) is 3. The zero-order chi connectivity index (χ0) is 21.2. The molecule has 0 aliphatic rings. The molecule has 1 heterocycles. The Labute approximate surface area is 165 Å². The van der Waals surface area contributed by atoms with E-state index in [1.165, 1.54) is 18.2 Å². The minimum Gasteiger partial charge on any atom is -0.437 e. The molecule has 3 rings (SSSR count). The standard InChI is InChI=1S/C19H10ClF5N2O2/c20-14-8-12(27-18(28)13-4-2-11(21)7-15(13)22)3-5-16(14)29-17-6-1-10(9-26-17)19(23,24)25/h1-9H,(H,27,28). The minimum absolute atomic E-state index is 0.0177. The molecule has 0 bridgehead atoms. The maximum Gasteiger partial charge on any atom is 0.417 e. The summed E-state index contributed by atoms with van der Waals surface area (Å²) in [5.41, 5.74) is -1.10. The molecule has 0 spiro atoms. The monoisotopic (exact) mass is 428 g/mol. The zero-order valence-corrected chi connectivity index (χ0v) is 15.0. The molecule has 0 aliphatic heterocycles. The van der Waals surface area contributed by atoms with Crippen molar-refractivity contribution in [2.24, 2.45) is 0 Å². The second kappa shape index (κ2) is 8.04. The molecule has 0 saturated carbocycles. The molecule has 0 saturated heterocycles. The van der Waals surface area contributed by atoms with Crippen LogP contribution in [0.2, 0.25) is 5.02 Å². The molecule has 4 nitrogen and oxygen atoms in total. The molecule has 1 N–H and O–H groups in total. The van der Waals surface area contributed by atoms with Crippen LogP contribution in [0.3, 0.4) is 0 Å². The summed E-state index contributed by atoms with van der Waals surface area (Å²) in [5.74, 6) is -2.71. The van der Waals surface area contributed by atoms with Gasteiger partial charge in [0, 0.05) is 24.0 Å². The fourth-order valence-electron chi connectivity index (χ4n) is 2.25. The Morgan fingerprint density at radius 1 is 1.03 bits per heavy atom. The summed E-state index contributed by atoms with van der Waals surface area (Å²) in [4.78, 5) is 15.7. The molecular weight excluding hydrogens is 419 g/mol. The summed E-state index contributed by atoms with van der Waals surface area (Å²) in [6.07, 6.45) is -3.90. The van der Waals surface area contributed by atoms with E-state index in [1.54, 1.807) is 0 Å². The molecule has 0 unspecified atom stereocenters. The topological polar surface area (TPSA) is 51.2 Å². The van der Waals surface area contributed by atoms with E-state index in [2.05, 4.69) is 10.3 Å². The van der Waals surface area contributed by atoms with Gasteiger partial charge in [-0.1, -0.05) is 11.6 Å². The number of hydrogen-bond donors (Lipinski definition) is 1. The van der Waals surface area contributed by atoms with Gasteiger partial charge in [0.25, 0.3) is 5.91 Å². The van der Waals surface area contributed by atoms with Crippen LogP contribution < -0.4 is 10.1 Å². The van der Waals surface area contributed by atoms with Gasteiger partial charge in [0.2, 0.25) is 5.88 Å². The minimum atomic E-state index is -4.52. The average molecular weight is 429 g/mol. The number of ether oxygens (including phenoxy) is 1. The first-order chi connectivity index (χ1) is 13.6. The summed E-state index contributed by atoms with van der Waals surface area (Å²) in [5, 5.41) is 2.41.